The maximum absolute atomic E-state index is 13.2. The summed E-state index contributed by atoms with van der Waals surface area (Å²) in [5.41, 5.74) is 1.71. The number of nitrogens with one attached hydrogen (secondary N) is 1. The van der Waals surface area contributed by atoms with Gasteiger partial charge >= 0.3 is 0 Å². The molecule has 0 bridgehead atoms. The van der Waals surface area contributed by atoms with Gasteiger partial charge in [0.05, 0.1) is 5.69 Å². The first-order valence-corrected chi connectivity index (χ1v) is 8.68. The molecule has 1 N–H and O–H groups in total. The maximum atomic E-state index is 13.2. The Morgan fingerprint density at radius 2 is 2.09 bits per heavy atom. The largest absolute Gasteiger partial charge is 0.271 e. The van der Waals surface area contributed by atoms with Gasteiger partial charge in [0.2, 0.25) is 0 Å². The van der Waals surface area contributed by atoms with Crippen LogP contribution >= 0.6 is 23.5 Å². The van der Waals surface area contributed by atoms with E-state index in [9.17, 15) is 4.39 Å². The molecule has 0 atom stereocenters. The maximum Gasteiger partial charge on any atom is 0.183 e. The van der Waals surface area contributed by atoms with Crippen LogP contribution in [0.2, 0.25) is 0 Å². The summed E-state index contributed by atoms with van der Waals surface area (Å²) >= 11 is 2.96. The Labute approximate surface area is 137 Å². The lowest BCUT2D eigenvalue weighted by molar-refractivity contribution is 0.626. The molecule has 6 heteroatoms. The van der Waals surface area contributed by atoms with Gasteiger partial charge in [-0.05, 0) is 36.1 Å². The van der Waals surface area contributed by atoms with Gasteiger partial charge in [-0.2, -0.15) is 5.26 Å². The molecule has 0 aliphatic heterocycles. The van der Waals surface area contributed by atoms with Gasteiger partial charge in [-0.1, -0.05) is 36.0 Å². The molecule has 0 unspecified atom stereocenters. The lowest BCUT2D eigenvalue weighted by Crippen LogP contribution is -2.12. The normalized spacial score (nSPS) is 11.0. The number of aliphatic imine (C=N–C) groups is 1. The Balaban J connectivity index is 2.16. The fourth-order valence-corrected chi connectivity index (χ4v) is 3.02. The van der Waals surface area contributed by atoms with Crippen molar-refractivity contribution in [3.05, 3.63) is 59.9 Å². The summed E-state index contributed by atoms with van der Waals surface area (Å²) < 4.78 is 13.2. The van der Waals surface area contributed by atoms with Crippen molar-refractivity contribution in [1.82, 2.24) is 5.32 Å². The van der Waals surface area contributed by atoms with Gasteiger partial charge in [0.1, 0.15) is 5.82 Å². The molecule has 0 spiro atoms. The molecule has 0 saturated heterocycles. The van der Waals surface area contributed by atoms with Crippen LogP contribution in [0.1, 0.15) is 5.56 Å². The second kappa shape index (κ2) is 8.47. The third-order valence-electron chi connectivity index (χ3n) is 2.73. The van der Waals surface area contributed by atoms with E-state index in [0.29, 0.717) is 10.9 Å². The van der Waals surface area contributed by atoms with Gasteiger partial charge in [-0.25, -0.2) is 9.38 Å². The summed E-state index contributed by atoms with van der Waals surface area (Å²) in [7, 11) is 0. The number of benzene rings is 2. The van der Waals surface area contributed by atoms with Crippen molar-refractivity contribution in [2.24, 2.45) is 4.99 Å². The molecule has 0 heterocycles. The number of hydrogen-bond acceptors (Lipinski definition) is 4. The summed E-state index contributed by atoms with van der Waals surface area (Å²) in [5, 5.41) is 11.8. The Morgan fingerprint density at radius 1 is 1.27 bits per heavy atom. The minimum atomic E-state index is -0.229. The predicted molar refractivity (Wildman–Crippen MR) is 91.8 cm³/mol. The number of rotatable bonds is 4. The van der Waals surface area contributed by atoms with Crippen LogP contribution in [-0.2, 0) is 5.75 Å². The average Bonchev–Trinajstić information content (AvgIpc) is 2.53. The number of amidine groups is 1. The van der Waals surface area contributed by atoms with Crippen molar-refractivity contribution in [3.63, 3.8) is 0 Å². The Bertz CT molecular complexity index is 711. The second-order valence-corrected chi connectivity index (χ2v) is 6.06. The highest BCUT2D eigenvalue weighted by molar-refractivity contribution is 8.13. The third-order valence-corrected chi connectivity index (χ3v) is 4.44. The van der Waals surface area contributed by atoms with E-state index in [-0.39, 0.29) is 5.82 Å². The summed E-state index contributed by atoms with van der Waals surface area (Å²) in [4.78, 5) is 5.43. The standard InChI is InChI=1S/C16H14FN3S2/c1-21-16(19-11-18)20-14-7-2-3-8-15(14)22-10-12-5-4-6-13(17)9-12/h2-9H,10H2,1H3,(H,19,20). The molecule has 2 rings (SSSR count). The number of halogens is 1. The zero-order chi connectivity index (χ0) is 15.8. The number of thioether (sulfide) groups is 2. The fourth-order valence-electron chi connectivity index (χ4n) is 1.74. The summed E-state index contributed by atoms with van der Waals surface area (Å²) in [6, 6.07) is 14.3. The van der Waals surface area contributed by atoms with Crippen molar-refractivity contribution >= 4 is 34.4 Å². The molecule has 112 valence electrons. The molecule has 0 aliphatic carbocycles. The Kier molecular flexibility index (Phi) is 6.31. The van der Waals surface area contributed by atoms with E-state index in [4.69, 9.17) is 5.26 Å². The lowest BCUT2D eigenvalue weighted by atomic mass is 10.2. The van der Waals surface area contributed by atoms with E-state index in [2.05, 4.69) is 10.3 Å². The van der Waals surface area contributed by atoms with Gasteiger partial charge in [0.25, 0.3) is 0 Å². The predicted octanol–water partition coefficient (Wildman–Crippen LogP) is 4.54. The van der Waals surface area contributed by atoms with Crippen LogP contribution in [-0.4, -0.2) is 11.4 Å². The minimum Gasteiger partial charge on any atom is -0.271 e. The lowest BCUT2D eigenvalue weighted by Gasteiger charge is -2.07. The zero-order valence-corrected chi connectivity index (χ0v) is 13.5. The molecule has 0 amide bonds. The van der Waals surface area contributed by atoms with Crippen LogP contribution < -0.4 is 5.32 Å². The molecule has 0 saturated carbocycles. The van der Waals surface area contributed by atoms with Gasteiger partial charge in [0.15, 0.2) is 11.4 Å². The number of nitriles is 1. The smallest absolute Gasteiger partial charge is 0.183 e. The topological polar surface area (TPSA) is 48.2 Å². The molecule has 0 aliphatic rings. The highest BCUT2D eigenvalue weighted by Gasteiger charge is 2.05. The Morgan fingerprint density at radius 3 is 2.82 bits per heavy atom. The molecule has 0 aromatic heterocycles. The number of hydrogen-bond donors (Lipinski definition) is 1. The summed E-state index contributed by atoms with van der Waals surface area (Å²) in [6.45, 7) is 0. The van der Waals surface area contributed by atoms with Gasteiger partial charge in [-0.3, -0.25) is 5.32 Å². The van der Waals surface area contributed by atoms with E-state index >= 15 is 0 Å². The third kappa shape index (κ3) is 4.79. The van der Waals surface area contributed by atoms with Crippen molar-refractivity contribution in [3.8, 4) is 6.19 Å². The first kappa shape index (κ1) is 16.4. The van der Waals surface area contributed by atoms with Gasteiger partial charge in [-0.15, -0.1) is 11.8 Å². The molecular formula is C16H14FN3S2. The average molecular weight is 331 g/mol. The van der Waals surface area contributed by atoms with Crippen LogP contribution in [0.4, 0.5) is 10.1 Å². The summed E-state index contributed by atoms with van der Waals surface area (Å²) in [6.07, 6.45) is 3.73. The van der Waals surface area contributed by atoms with E-state index in [0.717, 1.165) is 16.1 Å². The van der Waals surface area contributed by atoms with Gasteiger partial charge < -0.3 is 0 Å². The van der Waals surface area contributed by atoms with Crippen LogP contribution in [0, 0.1) is 17.3 Å². The van der Waals surface area contributed by atoms with Crippen LogP contribution in [0.3, 0.4) is 0 Å². The van der Waals surface area contributed by atoms with Crippen LogP contribution in [0.5, 0.6) is 0 Å². The fraction of sp³-hybridized carbons (Fsp3) is 0.125. The monoisotopic (exact) mass is 331 g/mol. The second-order valence-electron chi connectivity index (χ2n) is 4.24. The quantitative estimate of drug-likeness (QED) is 0.294. The van der Waals surface area contributed by atoms with E-state index in [1.807, 2.05) is 42.8 Å². The van der Waals surface area contributed by atoms with E-state index in [1.165, 1.54) is 23.9 Å². The van der Waals surface area contributed by atoms with Crippen molar-refractivity contribution in [2.75, 3.05) is 6.26 Å². The first-order chi connectivity index (χ1) is 10.7. The molecular weight excluding hydrogens is 317 g/mol. The highest BCUT2D eigenvalue weighted by Crippen LogP contribution is 2.32. The summed E-state index contributed by atoms with van der Waals surface area (Å²) in [5.74, 6) is 0.428. The zero-order valence-electron chi connectivity index (χ0n) is 11.9. The molecule has 2 aromatic carbocycles. The molecule has 2 aromatic rings. The van der Waals surface area contributed by atoms with Crippen molar-refractivity contribution in [1.29, 1.82) is 5.26 Å². The molecule has 3 nitrogen and oxygen atoms in total. The van der Waals surface area contributed by atoms with Crippen molar-refractivity contribution < 1.29 is 4.39 Å². The van der Waals surface area contributed by atoms with E-state index in [1.54, 1.807) is 17.8 Å². The highest BCUT2D eigenvalue weighted by atomic mass is 32.2. The van der Waals surface area contributed by atoms with Crippen LogP contribution in [0.25, 0.3) is 0 Å². The minimum absolute atomic E-state index is 0.229. The molecule has 0 radical (unpaired) electrons. The molecule has 22 heavy (non-hydrogen) atoms. The van der Waals surface area contributed by atoms with Crippen molar-refractivity contribution in [2.45, 2.75) is 10.6 Å². The number of para-hydroxylation sites is 1. The Hall–Kier alpha value is -1.97. The van der Waals surface area contributed by atoms with Crippen LogP contribution in [0.15, 0.2) is 58.4 Å². The molecule has 0 fully saturated rings. The van der Waals surface area contributed by atoms with Gasteiger partial charge in [0, 0.05) is 10.6 Å². The van der Waals surface area contributed by atoms with E-state index < -0.39 is 0 Å². The number of nitrogens with zero attached hydrogens (tertiary/aromatic N) is 2. The first-order valence-electron chi connectivity index (χ1n) is 6.47. The SMILES string of the molecule is CSC(=Nc1ccccc1SCc1cccc(F)c1)NC#N.